The van der Waals surface area contributed by atoms with Crippen LogP contribution in [0.25, 0.3) is 17.5 Å². The van der Waals surface area contributed by atoms with Crippen LogP contribution >= 0.6 is 23.2 Å². The first-order valence-electron chi connectivity index (χ1n) is 9.86. The van der Waals surface area contributed by atoms with E-state index in [0.717, 1.165) is 61.8 Å². The van der Waals surface area contributed by atoms with Crippen molar-refractivity contribution in [1.82, 2.24) is 19.4 Å². The fourth-order valence-electron chi connectivity index (χ4n) is 3.66. The number of hydrogen-bond donors (Lipinski definition) is 1. The highest BCUT2D eigenvalue weighted by molar-refractivity contribution is 6.36. The van der Waals surface area contributed by atoms with E-state index in [2.05, 4.69) is 16.4 Å². The molecule has 8 heteroatoms. The second kappa shape index (κ2) is 9.65. The van der Waals surface area contributed by atoms with Crippen molar-refractivity contribution >= 4 is 35.3 Å². The standard InChI is InChI=1S/C21H27Cl2N5O/c1-3-4-20-25-21(17-6-5-16(22)13-18(17)23)19(28(20)8-7-24)14-26-9-11-27(12-10-26)15(2)29/h5-8,13H,3-4,9-12,14,24H2,1-2H3/b8-7-. The van der Waals surface area contributed by atoms with Gasteiger partial charge in [-0.25, -0.2) is 4.98 Å². The largest absolute Gasteiger partial charge is 0.403 e. The molecule has 1 aliphatic heterocycles. The first-order valence-corrected chi connectivity index (χ1v) is 10.6. The van der Waals surface area contributed by atoms with Crippen LogP contribution in [-0.4, -0.2) is 51.4 Å². The number of rotatable bonds is 6. The van der Waals surface area contributed by atoms with Gasteiger partial charge in [0.05, 0.1) is 16.4 Å². The molecule has 1 aliphatic rings. The smallest absolute Gasteiger partial charge is 0.219 e. The van der Waals surface area contributed by atoms with Crippen molar-refractivity contribution in [2.45, 2.75) is 33.2 Å². The van der Waals surface area contributed by atoms with Gasteiger partial charge in [0.25, 0.3) is 0 Å². The second-order valence-electron chi connectivity index (χ2n) is 7.19. The van der Waals surface area contributed by atoms with E-state index < -0.39 is 0 Å². The summed E-state index contributed by atoms with van der Waals surface area (Å²) >= 11 is 12.6. The highest BCUT2D eigenvalue weighted by Crippen LogP contribution is 2.33. The number of carbonyl (C=O) groups excluding carboxylic acids is 1. The summed E-state index contributed by atoms with van der Waals surface area (Å²) in [5.41, 5.74) is 8.49. The number of benzene rings is 1. The Labute approximate surface area is 181 Å². The molecule has 0 spiro atoms. The zero-order valence-corrected chi connectivity index (χ0v) is 18.4. The molecule has 0 bridgehead atoms. The normalized spacial score (nSPS) is 15.4. The molecule has 1 aromatic carbocycles. The van der Waals surface area contributed by atoms with Crippen LogP contribution in [0.3, 0.4) is 0 Å². The van der Waals surface area contributed by atoms with Gasteiger partial charge in [0.15, 0.2) is 0 Å². The van der Waals surface area contributed by atoms with E-state index >= 15 is 0 Å². The molecular formula is C21H27Cl2N5O. The van der Waals surface area contributed by atoms with Gasteiger partial charge in [-0.3, -0.25) is 9.69 Å². The van der Waals surface area contributed by atoms with Crippen LogP contribution in [-0.2, 0) is 17.8 Å². The molecule has 0 radical (unpaired) electrons. The van der Waals surface area contributed by atoms with Gasteiger partial charge in [-0.15, -0.1) is 0 Å². The zero-order chi connectivity index (χ0) is 21.0. The third-order valence-corrected chi connectivity index (χ3v) is 5.72. The molecule has 1 saturated heterocycles. The Morgan fingerprint density at radius 2 is 1.97 bits per heavy atom. The third kappa shape index (κ3) is 4.94. The Bertz CT molecular complexity index is 901. The Balaban J connectivity index is 1.99. The summed E-state index contributed by atoms with van der Waals surface area (Å²) in [5.74, 6) is 1.08. The van der Waals surface area contributed by atoms with Crippen LogP contribution in [0.2, 0.25) is 10.0 Å². The summed E-state index contributed by atoms with van der Waals surface area (Å²) in [4.78, 5) is 20.8. The quantitative estimate of drug-likeness (QED) is 0.747. The molecule has 0 unspecified atom stereocenters. The fourth-order valence-corrected chi connectivity index (χ4v) is 4.16. The molecule has 0 aliphatic carbocycles. The number of amides is 1. The van der Waals surface area contributed by atoms with Gasteiger partial charge in [0, 0.05) is 69.1 Å². The Kier molecular flexibility index (Phi) is 7.22. The van der Waals surface area contributed by atoms with Gasteiger partial charge in [0.2, 0.25) is 5.91 Å². The number of halogens is 2. The first kappa shape index (κ1) is 21.7. The lowest BCUT2D eigenvalue weighted by atomic mass is 10.1. The number of nitrogens with zero attached hydrogens (tertiary/aromatic N) is 4. The molecular weight excluding hydrogens is 409 g/mol. The van der Waals surface area contributed by atoms with E-state index in [1.54, 1.807) is 13.0 Å². The topological polar surface area (TPSA) is 67.4 Å². The maximum Gasteiger partial charge on any atom is 0.219 e. The second-order valence-corrected chi connectivity index (χ2v) is 8.03. The molecule has 156 valence electrons. The van der Waals surface area contributed by atoms with E-state index in [-0.39, 0.29) is 5.91 Å². The van der Waals surface area contributed by atoms with E-state index in [9.17, 15) is 4.79 Å². The predicted molar refractivity (Wildman–Crippen MR) is 119 cm³/mol. The van der Waals surface area contributed by atoms with Gasteiger partial charge in [0.1, 0.15) is 5.82 Å². The van der Waals surface area contributed by atoms with E-state index in [1.807, 2.05) is 23.2 Å². The number of nitrogens with two attached hydrogens (primary N) is 1. The average molecular weight is 436 g/mol. The summed E-state index contributed by atoms with van der Waals surface area (Å²) < 4.78 is 2.07. The number of carbonyl (C=O) groups is 1. The third-order valence-electron chi connectivity index (χ3n) is 5.17. The molecule has 2 heterocycles. The minimum Gasteiger partial charge on any atom is -0.403 e. The van der Waals surface area contributed by atoms with Crippen LogP contribution in [0.15, 0.2) is 24.4 Å². The van der Waals surface area contributed by atoms with Gasteiger partial charge in [-0.1, -0.05) is 30.1 Å². The molecule has 29 heavy (non-hydrogen) atoms. The summed E-state index contributed by atoms with van der Waals surface area (Å²) in [6.07, 6.45) is 5.19. The van der Waals surface area contributed by atoms with Crippen LogP contribution in [0.4, 0.5) is 0 Å². The molecule has 2 aromatic rings. The summed E-state index contributed by atoms with van der Waals surface area (Å²) in [7, 11) is 0. The van der Waals surface area contributed by atoms with Gasteiger partial charge in [-0.05, 0) is 24.6 Å². The molecule has 1 fully saturated rings. The van der Waals surface area contributed by atoms with Crippen LogP contribution in [0.1, 0.15) is 31.8 Å². The van der Waals surface area contributed by atoms with Crippen LogP contribution < -0.4 is 5.73 Å². The number of aryl methyl sites for hydroxylation is 1. The van der Waals surface area contributed by atoms with Crippen molar-refractivity contribution in [1.29, 1.82) is 0 Å². The Morgan fingerprint density at radius 3 is 2.55 bits per heavy atom. The monoisotopic (exact) mass is 435 g/mol. The highest BCUT2D eigenvalue weighted by atomic mass is 35.5. The molecule has 1 aromatic heterocycles. The van der Waals surface area contributed by atoms with Gasteiger partial charge < -0.3 is 15.2 Å². The first-order chi connectivity index (χ1) is 13.9. The highest BCUT2D eigenvalue weighted by Gasteiger charge is 2.24. The summed E-state index contributed by atoms with van der Waals surface area (Å²) in [5, 5.41) is 1.17. The fraction of sp³-hybridized carbons (Fsp3) is 0.429. The van der Waals surface area contributed by atoms with Crippen molar-refractivity contribution in [3.05, 3.63) is 46.0 Å². The maximum absolute atomic E-state index is 11.6. The van der Waals surface area contributed by atoms with Crippen molar-refractivity contribution in [3.63, 3.8) is 0 Å². The lowest BCUT2D eigenvalue weighted by Gasteiger charge is -2.34. The number of piperazine rings is 1. The van der Waals surface area contributed by atoms with Crippen molar-refractivity contribution in [3.8, 4) is 11.3 Å². The predicted octanol–water partition coefficient (Wildman–Crippen LogP) is 3.86. The van der Waals surface area contributed by atoms with E-state index in [1.165, 1.54) is 6.20 Å². The van der Waals surface area contributed by atoms with Gasteiger partial charge >= 0.3 is 0 Å². The SMILES string of the molecule is CCCc1nc(-c2ccc(Cl)cc2Cl)c(CN2CCN(C(C)=O)CC2)n1/C=C\N. The van der Waals surface area contributed by atoms with Crippen molar-refractivity contribution in [2.24, 2.45) is 5.73 Å². The zero-order valence-electron chi connectivity index (χ0n) is 16.9. The molecule has 0 saturated carbocycles. The van der Waals surface area contributed by atoms with E-state index in [4.69, 9.17) is 33.9 Å². The summed E-state index contributed by atoms with van der Waals surface area (Å²) in [6.45, 7) is 7.53. The van der Waals surface area contributed by atoms with Crippen molar-refractivity contribution in [2.75, 3.05) is 26.2 Å². The molecule has 2 N–H and O–H groups in total. The molecule has 3 rings (SSSR count). The number of aromatic nitrogens is 2. The average Bonchev–Trinajstić information content (AvgIpc) is 3.00. The van der Waals surface area contributed by atoms with Crippen molar-refractivity contribution < 1.29 is 4.79 Å². The number of hydrogen-bond acceptors (Lipinski definition) is 4. The van der Waals surface area contributed by atoms with E-state index in [0.29, 0.717) is 16.6 Å². The lowest BCUT2D eigenvalue weighted by Crippen LogP contribution is -2.47. The Hall–Kier alpha value is -2.02. The summed E-state index contributed by atoms with van der Waals surface area (Å²) in [6, 6.07) is 5.48. The van der Waals surface area contributed by atoms with Crippen LogP contribution in [0.5, 0.6) is 0 Å². The van der Waals surface area contributed by atoms with Gasteiger partial charge in [-0.2, -0.15) is 0 Å². The van der Waals surface area contributed by atoms with Crippen LogP contribution in [0, 0.1) is 0 Å². The Morgan fingerprint density at radius 1 is 1.24 bits per heavy atom. The minimum atomic E-state index is 0.125. The molecule has 1 amide bonds. The maximum atomic E-state index is 11.6. The molecule has 0 atom stereocenters. The minimum absolute atomic E-state index is 0.125. The molecule has 6 nitrogen and oxygen atoms in total. The lowest BCUT2D eigenvalue weighted by molar-refractivity contribution is -0.130. The number of imidazole rings is 1.